The lowest BCUT2D eigenvalue weighted by atomic mass is 10.2. The molecule has 2 rings (SSSR count). The number of aromatic hydroxyl groups is 1. The van der Waals surface area contributed by atoms with Crippen LogP contribution in [-0.2, 0) is 5.92 Å². The van der Waals surface area contributed by atoms with Crippen LogP contribution in [0.4, 0.5) is 8.78 Å². The van der Waals surface area contributed by atoms with Crippen molar-refractivity contribution >= 4 is 11.0 Å². The van der Waals surface area contributed by atoms with Crippen LogP contribution >= 0.6 is 0 Å². The van der Waals surface area contributed by atoms with Crippen LogP contribution < -0.4 is 0 Å². The molecule has 5 heteroatoms. The molecule has 1 aromatic heterocycles. The van der Waals surface area contributed by atoms with Crippen LogP contribution in [0.1, 0.15) is 5.69 Å². The number of benzene rings is 1. The maximum atomic E-state index is 13.3. The molecule has 16 heavy (non-hydrogen) atoms. The van der Waals surface area contributed by atoms with Gasteiger partial charge in [0.15, 0.2) is 5.69 Å². The number of nitrogens with zero attached hydrogens (tertiary/aromatic N) is 2. The standard InChI is InChI=1S/C11H8F2N2O/c1-2-11(12,13)9-10(16)15-8-6-4-3-5-7(8)14-9/h2-6H,1H2,(H,15,16). The zero-order valence-electron chi connectivity index (χ0n) is 8.19. The summed E-state index contributed by atoms with van der Waals surface area (Å²) in [5.74, 6) is -4.16. The smallest absolute Gasteiger partial charge is 0.313 e. The van der Waals surface area contributed by atoms with Gasteiger partial charge in [0.2, 0.25) is 5.88 Å². The van der Waals surface area contributed by atoms with Gasteiger partial charge in [-0.2, -0.15) is 8.78 Å². The predicted molar refractivity (Wildman–Crippen MR) is 55.3 cm³/mol. The molecule has 1 aromatic carbocycles. The van der Waals surface area contributed by atoms with E-state index < -0.39 is 17.5 Å². The Kier molecular flexibility index (Phi) is 2.30. The van der Waals surface area contributed by atoms with E-state index in [2.05, 4.69) is 16.5 Å². The highest BCUT2D eigenvalue weighted by Crippen LogP contribution is 2.33. The summed E-state index contributed by atoms with van der Waals surface area (Å²) in [5.41, 5.74) is -0.110. The SMILES string of the molecule is C=CC(F)(F)c1nc2ccccc2nc1O. The summed E-state index contributed by atoms with van der Waals surface area (Å²) < 4.78 is 26.6. The molecular formula is C11H8F2N2O. The van der Waals surface area contributed by atoms with E-state index in [0.717, 1.165) is 0 Å². The number of hydrogen-bond donors (Lipinski definition) is 1. The summed E-state index contributed by atoms with van der Waals surface area (Å²) in [6.07, 6.45) is 0.422. The van der Waals surface area contributed by atoms with Crippen LogP contribution in [0.3, 0.4) is 0 Å². The molecule has 1 heterocycles. The molecule has 0 amide bonds. The highest BCUT2D eigenvalue weighted by atomic mass is 19.3. The second-order valence-corrected chi connectivity index (χ2v) is 3.21. The molecule has 0 unspecified atom stereocenters. The number of rotatable bonds is 2. The van der Waals surface area contributed by atoms with E-state index in [0.29, 0.717) is 17.1 Å². The van der Waals surface area contributed by atoms with Gasteiger partial charge in [0.25, 0.3) is 0 Å². The lowest BCUT2D eigenvalue weighted by Gasteiger charge is -2.12. The van der Waals surface area contributed by atoms with Gasteiger partial charge in [-0.1, -0.05) is 18.7 Å². The maximum Gasteiger partial charge on any atom is 0.313 e. The highest BCUT2D eigenvalue weighted by molar-refractivity contribution is 5.74. The fourth-order valence-corrected chi connectivity index (χ4v) is 1.31. The van der Waals surface area contributed by atoms with Crippen LogP contribution in [0, 0.1) is 0 Å². The lowest BCUT2D eigenvalue weighted by molar-refractivity contribution is 0.0445. The van der Waals surface area contributed by atoms with Gasteiger partial charge in [0.05, 0.1) is 11.0 Å². The van der Waals surface area contributed by atoms with Gasteiger partial charge in [-0.3, -0.25) is 0 Å². The van der Waals surface area contributed by atoms with Gasteiger partial charge in [-0.15, -0.1) is 0 Å². The molecule has 0 radical (unpaired) electrons. The van der Waals surface area contributed by atoms with Crippen molar-refractivity contribution in [3.05, 3.63) is 42.6 Å². The first kappa shape index (κ1) is 10.5. The topological polar surface area (TPSA) is 46.0 Å². The molecule has 2 aromatic rings. The summed E-state index contributed by atoms with van der Waals surface area (Å²) >= 11 is 0. The van der Waals surface area contributed by atoms with Crippen molar-refractivity contribution in [1.82, 2.24) is 9.97 Å². The minimum atomic E-state index is -3.39. The van der Waals surface area contributed by atoms with Gasteiger partial charge in [-0.05, 0) is 18.2 Å². The van der Waals surface area contributed by atoms with Crippen LogP contribution in [-0.4, -0.2) is 15.1 Å². The van der Waals surface area contributed by atoms with Crippen LogP contribution in [0.2, 0.25) is 0 Å². The van der Waals surface area contributed by atoms with Crippen molar-refractivity contribution in [2.24, 2.45) is 0 Å². The Morgan fingerprint density at radius 3 is 2.31 bits per heavy atom. The first-order valence-corrected chi connectivity index (χ1v) is 4.52. The summed E-state index contributed by atoms with van der Waals surface area (Å²) in [7, 11) is 0. The minimum absolute atomic E-state index is 0.303. The molecule has 3 nitrogen and oxygen atoms in total. The van der Waals surface area contributed by atoms with Crippen molar-refractivity contribution in [3.8, 4) is 5.88 Å². The highest BCUT2D eigenvalue weighted by Gasteiger charge is 2.33. The van der Waals surface area contributed by atoms with Gasteiger partial charge in [0, 0.05) is 0 Å². The number of aromatic nitrogens is 2. The quantitative estimate of drug-likeness (QED) is 0.794. The molecule has 0 bridgehead atoms. The van der Waals surface area contributed by atoms with E-state index in [1.165, 1.54) is 0 Å². The molecule has 82 valence electrons. The first-order valence-electron chi connectivity index (χ1n) is 4.52. The summed E-state index contributed by atoms with van der Waals surface area (Å²) in [6.45, 7) is 3.00. The summed E-state index contributed by atoms with van der Waals surface area (Å²) in [6, 6.07) is 6.47. The maximum absolute atomic E-state index is 13.3. The van der Waals surface area contributed by atoms with Gasteiger partial charge in [-0.25, -0.2) is 9.97 Å². The Labute approximate surface area is 90.1 Å². The molecule has 1 N–H and O–H groups in total. The van der Waals surface area contributed by atoms with E-state index in [9.17, 15) is 13.9 Å². The Morgan fingerprint density at radius 1 is 1.19 bits per heavy atom. The van der Waals surface area contributed by atoms with Crippen LogP contribution in [0.5, 0.6) is 5.88 Å². The fraction of sp³-hybridized carbons (Fsp3) is 0.0909. The number of allylic oxidation sites excluding steroid dienone is 1. The number of hydrogen-bond acceptors (Lipinski definition) is 3. The largest absolute Gasteiger partial charge is 0.492 e. The van der Waals surface area contributed by atoms with Gasteiger partial charge < -0.3 is 5.11 Å². The van der Waals surface area contributed by atoms with Gasteiger partial charge >= 0.3 is 5.92 Å². The molecule has 0 aliphatic heterocycles. The van der Waals surface area contributed by atoms with E-state index in [1.807, 2.05) is 0 Å². The molecule has 0 saturated heterocycles. The van der Waals surface area contributed by atoms with Crippen molar-refractivity contribution in [3.63, 3.8) is 0 Å². The van der Waals surface area contributed by atoms with Gasteiger partial charge in [0.1, 0.15) is 0 Å². The average Bonchev–Trinajstić information content (AvgIpc) is 2.28. The fourth-order valence-electron chi connectivity index (χ4n) is 1.31. The van der Waals surface area contributed by atoms with Crippen LogP contribution in [0.15, 0.2) is 36.9 Å². The second kappa shape index (κ2) is 3.52. The van der Waals surface area contributed by atoms with Crippen LogP contribution in [0.25, 0.3) is 11.0 Å². The summed E-state index contributed by atoms with van der Waals surface area (Å²) in [4.78, 5) is 7.34. The number of alkyl halides is 2. The third-order valence-electron chi connectivity index (χ3n) is 2.12. The monoisotopic (exact) mass is 222 g/mol. The number of fused-ring (bicyclic) bond motifs is 1. The van der Waals surface area contributed by atoms with Crippen molar-refractivity contribution < 1.29 is 13.9 Å². The normalized spacial score (nSPS) is 11.6. The molecule has 0 fully saturated rings. The van der Waals surface area contributed by atoms with E-state index in [4.69, 9.17) is 0 Å². The lowest BCUT2D eigenvalue weighted by Crippen LogP contribution is -2.12. The first-order chi connectivity index (χ1) is 7.54. The molecule has 0 saturated carbocycles. The van der Waals surface area contributed by atoms with Crippen molar-refractivity contribution in [2.75, 3.05) is 0 Å². The van der Waals surface area contributed by atoms with Crippen molar-refractivity contribution in [1.29, 1.82) is 0 Å². The zero-order chi connectivity index (χ0) is 11.8. The molecular weight excluding hydrogens is 214 g/mol. The Balaban J connectivity index is 2.72. The Hall–Kier alpha value is -2.04. The number of halogens is 2. The number of para-hydroxylation sites is 2. The van der Waals surface area contributed by atoms with E-state index in [-0.39, 0.29) is 0 Å². The minimum Gasteiger partial charge on any atom is -0.492 e. The summed E-state index contributed by atoms with van der Waals surface area (Å²) in [5, 5.41) is 9.37. The molecule has 0 spiro atoms. The zero-order valence-corrected chi connectivity index (χ0v) is 8.19. The van der Waals surface area contributed by atoms with E-state index in [1.54, 1.807) is 24.3 Å². The molecule has 0 aliphatic rings. The Bertz CT molecular complexity index is 555. The average molecular weight is 222 g/mol. The third-order valence-corrected chi connectivity index (χ3v) is 2.12. The Morgan fingerprint density at radius 2 is 1.75 bits per heavy atom. The predicted octanol–water partition coefficient (Wildman–Crippen LogP) is 2.61. The third kappa shape index (κ3) is 1.60. The van der Waals surface area contributed by atoms with Crippen molar-refractivity contribution in [2.45, 2.75) is 5.92 Å². The second-order valence-electron chi connectivity index (χ2n) is 3.21. The molecule has 0 aliphatic carbocycles. The molecule has 0 atom stereocenters. The van der Waals surface area contributed by atoms with E-state index >= 15 is 0 Å².